The highest BCUT2D eigenvalue weighted by molar-refractivity contribution is 5.89. The average Bonchev–Trinajstić information content (AvgIpc) is 3.17. The van der Waals surface area contributed by atoms with E-state index in [-0.39, 0.29) is 30.1 Å². The molecule has 2 bridgehead atoms. The van der Waals surface area contributed by atoms with Gasteiger partial charge in [0.2, 0.25) is 11.8 Å². The van der Waals surface area contributed by atoms with Gasteiger partial charge in [-0.3, -0.25) is 9.59 Å². The highest BCUT2D eigenvalue weighted by atomic mass is 35.5. The molecule has 27 heavy (non-hydrogen) atoms. The first-order chi connectivity index (χ1) is 12.6. The van der Waals surface area contributed by atoms with E-state index in [1.165, 1.54) is 6.42 Å². The number of likely N-dealkylation sites (tertiary alicyclic amines) is 2. The fourth-order valence-corrected chi connectivity index (χ4v) is 4.44. The SMILES string of the molecule is COc1ccc(CN2CC(C(=O)N3CCC4CCC(C3)N4)CC2=O)cc1.Cl. The van der Waals surface area contributed by atoms with Crippen molar-refractivity contribution in [1.29, 1.82) is 0 Å². The number of fused-ring (bicyclic) bond motifs is 2. The lowest BCUT2D eigenvalue weighted by Gasteiger charge is -2.27. The van der Waals surface area contributed by atoms with E-state index in [1.54, 1.807) is 7.11 Å². The molecule has 3 unspecified atom stereocenters. The van der Waals surface area contributed by atoms with E-state index >= 15 is 0 Å². The second kappa shape index (κ2) is 8.48. The van der Waals surface area contributed by atoms with Crippen molar-refractivity contribution in [1.82, 2.24) is 15.1 Å². The summed E-state index contributed by atoms with van der Waals surface area (Å²) in [6.07, 6.45) is 3.75. The van der Waals surface area contributed by atoms with Crippen LogP contribution < -0.4 is 10.1 Å². The molecule has 3 heterocycles. The summed E-state index contributed by atoms with van der Waals surface area (Å²) in [5, 5.41) is 3.61. The molecule has 3 fully saturated rings. The molecule has 148 valence electrons. The molecule has 1 aromatic rings. The summed E-state index contributed by atoms with van der Waals surface area (Å²) >= 11 is 0. The van der Waals surface area contributed by atoms with Gasteiger partial charge in [-0.1, -0.05) is 12.1 Å². The quantitative estimate of drug-likeness (QED) is 0.847. The molecule has 7 heteroatoms. The molecule has 2 amide bonds. The first-order valence-corrected chi connectivity index (χ1v) is 9.58. The number of ether oxygens (including phenoxy) is 1. The summed E-state index contributed by atoms with van der Waals surface area (Å²) in [6, 6.07) is 8.74. The van der Waals surface area contributed by atoms with Crippen LogP contribution in [-0.2, 0) is 16.1 Å². The number of rotatable bonds is 4. The van der Waals surface area contributed by atoms with Crippen molar-refractivity contribution in [3.8, 4) is 5.75 Å². The molecule has 1 aromatic carbocycles. The van der Waals surface area contributed by atoms with Crippen LogP contribution in [0, 0.1) is 5.92 Å². The Hall–Kier alpha value is -1.79. The predicted molar refractivity (Wildman–Crippen MR) is 105 cm³/mol. The Balaban J connectivity index is 0.00000210. The molecule has 4 rings (SSSR count). The molecule has 0 spiro atoms. The first-order valence-electron chi connectivity index (χ1n) is 9.58. The number of benzene rings is 1. The molecule has 3 aliphatic rings. The number of hydrogen-bond acceptors (Lipinski definition) is 4. The summed E-state index contributed by atoms with van der Waals surface area (Å²) in [7, 11) is 1.64. The van der Waals surface area contributed by atoms with Gasteiger partial charge in [-0.2, -0.15) is 0 Å². The van der Waals surface area contributed by atoms with Crippen LogP contribution in [0.5, 0.6) is 5.75 Å². The average molecular weight is 394 g/mol. The van der Waals surface area contributed by atoms with Gasteiger partial charge >= 0.3 is 0 Å². The van der Waals surface area contributed by atoms with E-state index < -0.39 is 0 Å². The molecule has 0 aromatic heterocycles. The maximum Gasteiger partial charge on any atom is 0.228 e. The lowest BCUT2D eigenvalue weighted by molar-refractivity contribution is -0.136. The van der Waals surface area contributed by atoms with Crippen LogP contribution in [0.2, 0.25) is 0 Å². The zero-order valence-corrected chi connectivity index (χ0v) is 16.5. The monoisotopic (exact) mass is 393 g/mol. The number of halogens is 1. The molecule has 0 aliphatic carbocycles. The summed E-state index contributed by atoms with van der Waals surface area (Å²) in [4.78, 5) is 29.2. The second-order valence-corrected chi connectivity index (χ2v) is 7.73. The molecule has 3 atom stereocenters. The number of amides is 2. The van der Waals surface area contributed by atoms with Crippen LogP contribution in [0.25, 0.3) is 0 Å². The Morgan fingerprint density at radius 3 is 2.63 bits per heavy atom. The number of nitrogens with zero attached hydrogens (tertiary/aromatic N) is 2. The highest BCUT2D eigenvalue weighted by Gasteiger charge is 2.39. The normalized spacial score (nSPS) is 27.3. The number of carbonyl (C=O) groups excluding carboxylic acids is 2. The molecular weight excluding hydrogens is 366 g/mol. The lowest BCUT2D eigenvalue weighted by Crippen LogP contribution is -2.42. The fraction of sp³-hybridized carbons (Fsp3) is 0.600. The highest BCUT2D eigenvalue weighted by Crippen LogP contribution is 2.26. The summed E-state index contributed by atoms with van der Waals surface area (Å²) in [5.74, 6) is 0.842. The van der Waals surface area contributed by atoms with E-state index in [1.807, 2.05) is 34.1 Å². The predicted octanol–water partition coefficient (Wildman–Crippen LogP) is 1.82. The van der Waals surface area contributed by atoms with Gasteiger partial charge in [-0.25, -0.2) is 0 Å². The minimum absolute atomic E-state index is 0. The van der Waals surface area contributed by atoms with E-state index in [0.717, 1.165) is 37.2 Å². The Kier molecular flexibility index (Phi) is 6.27. The van der Waals surface area contributed by atoms with E-state index in [2.05, 4.69) is 5.32 Å². The molecule has 0 radical (unpaired) electrons. The lowest BCUT2D eigenvalue weighted by atomic mass is 10.0. The van der Waals surface area contributed by atoms with Gasteiger partial charge in [0.25, 0.3) is 0 Å². The third-order valence-electron chi connectivity index (χ3n) is 5.93. The number of nitrogens with one attached hydrogen (secondary N) is 1. The van der Waals surface area contributed by atoms with Crippen molar-refractivity contribution < 1.29 is 14.3 Å². The third kappa shape index (κ3) is 4.38. The molecule has 1 N–H and O–H groups in total. The zero-order valence-electron chi connectivity index (χ0n) is 15.7. The van der Waals surface area contributed by atoms with Gasteiger partial charge in [-0.15, -0.1) is 12.4 Å². The van der Waals surface area contributed by atoms with Gasteiger partial charge in [0.1, 0.15) is 5.75 Å². The van der Waals surface area contributed by atoms with Gasteiger partial charge in [0.05, 0.1) is 13.0 Å². The molecule has 6 nitrogen and oxygen atoms in total. The second-order valence-electron chi connectivity index (χ2n) is 7.73. The smallest absolute Gasteiger partial charge is 0.228 e. The van der Waals surface area contributed by atoms with Crippen molar-refractivity contribution >= 4 is 24.2 Å². The van der Waals surface area contributed by atoms with Crippen LogP contribution in [0.3, 0.4) is 0 Å². The van der Waals surface area contributed by atoms with E-state index in [9.17, 15) is 9.59 Å². The van der Waals surface area contributed by atoms with Crippen LogP contribution in [0.15, 0.2) is 24.3 Å². The summed E-state index contributed by atoms with van der Waals surface area (Å²) in [6.45, 7) is 2.69. The fourth-order valence-electron chi connectivity index (χ4n) is 4.44. The van der Waals surface area contributed by atoms with Crippen LogP contribution in [0.4, 0.5) is 0 Å². The summed E-state index contributed by atoms with van der Waals surface area (Å²) in [5.41, 5.74) is 1.06. The first kappa shape index (κ1) is 20.0. The van der Waals surface area contributed by atoms with Crippen LogP contribution in [-0.4, -0.2) is 60.4 Å². The van der Waals surface area contributed by atoms with E-state index in [4.69, 9.17) is 4.74 Å². The van der Waals surface area contributed by atoms with Crippen LogP contribution in [0.1, 0.15) is 31.2 Å². The number of methoxy groups -OCH3 is 1. The van der Waals surface area contributed by atoms with Crippen molar-refractivity contribution in [2.75, 3.05) is 26.7 Å². The largest absolute Gasteiger partial charge is 0.497 e. The Bertz CT molecular complexity index is 682. The zero-order chi connectivity index (χ0) is 18.1. The Labute approximate surface area is 166 Å². The molecule has 3 saturated heterocycles. The van der Waals surface area contributed by atoms with Gasteiger partial charge < -0.3 is 19.9 Å². The standard InChI is InChI=1S/C20H27N3O3.ClH/c1-26-18-6-2-14(3-7-18)11-23-12-15(10-19(23)24)20(25)22-9-8-16-4-5-17(13-22)21-16;/h2-3,6-7,15-17,21H,4-5,8-13H2,1H3;1H. The summed E-state index contributed by atoms with van der Waals surface area (Å²) < 4.78 is 5.17. The van der Waals surface area contributed by atoms with Crippen molar-refractivity contribution in [2.24, 2.45) is 5.92 Å². The minimum atomic E-state index is -0.197. The van der Waals surface area contributed by atoms with Crippen molar-refractivity contribution in [3.05, 3.63) is 29.8 Å². The van der Waals surface area contributed by atoms with Crippen LogP contribution >= 0.6 is 12.4 Å². The molecule has 0 saturated carbocycles. The van der Waals surface area contributed by atoms with Gasteiger partial charge in [-0.05, 0) is 37.0 Å². The topological polar surface area (TPSA) is 61.9 Å². The van der Waals surface area contributed by atoms with Crippen molar-refractivity contribution in [2.45, 2.75) is 44.3 Å². The maximum absolute atomic E-state index is 13.0. The van der Waals surface area contributed by atoms with Crippen molar-refractivity contribution in [3.63, 3.8) is 0 Å². The molecular formula is C20H28ClN3O3. The Morgan fingerprint density at radius 1 is 1.15 bits per heavy atom. The third-order valence-corrected chi connectivity index (χ3v) is 5.93. The maximum atomic E-state index is 13.0. The number of hydrogen-bond donors (Lipinski definition) is 1. The van der Waals surface area contributed by atoms with Gasteiger partial charge in [0, 0.05) is 44.7 Å². The van der Waals surface area contributed by atoms with E-state index in [0.29, 0.717) is 31.6 Å². The van der Waals surface area contributed by atoms with Gasteiger partial charge in [0.15, 0.2) is 0 Å². The molecule has 3 aliphatic heterocycles. The Morgan fingerprint density at radius 2 is 1.89 bits per heavy atom. The number of carbonyl (C=O) groups is 2. The minimum Gasteiger partial charge on any atom is -0.497 e.